The highest BCUT2D eigenvalue weighted by Crippen LogP contribution is 2.19. The number of para-hydroxylation sites is 1. The normalized spacial score (nSPS) is 18.0. The number of hydrogen-bond acceptors (Lipinski definition) is 5. The number of esters is 1. The molecule has 24 heavy (non-hydrogen) atoms. The first-order valence-electron chi connectivity index (χ1n) is 8.30. The average molecular weight is 332 g/mol. The number of carbonyl (C=O) groups excluding carboxylic acids is 3. The molecular formula is C18H24N2O4. The average Bonchev–Trinajstić information content (AvgIpc) is 2.55. The van der Waals surface area contributed by atoms with Gasteiger partial charge in [-0.1, -0.05) is 12.1 Å². The fraction of sp³-hybridized carbons (Fsp3) is 0.500. The first-order valence-corrected chi connectivity index (χ1v) is 8.30. The first kappa shape index (κ1) is 18.1. The van der Waals surface area contributed by atoms with E-state index < -0.39 is 0 Å². The molecule has 1 heterocycles. The third-order valence-electron chi connectivity index (χ3n) is 4.07. The molecule has 6 heteroatoms. The molecule has 2 rings (SSSR count). The Balaban J connectivity index is 1.93. The van der Waals surface area contributed by atoms with Gasteiger partial charge in [0.1, 0.15) is 0 Å². The van der Waals surface area contributed by atoms with Crippen molar-refractivity contribution in [1.29, 1.82) is 0 Å². The minimum atomic E-state index is -0.190. The zero-order chi connectivity index (χ0) is 17.5. The van der Waals surface area contributed by atoms with E-state index >= 15 is 0 Å². The molecule has 0 aliphatic carbocycles. The lowest BCUT2D eigenvalue weighted by Gasteiger charge is -2.30. The van der Waals surface area contributed by atoms with Crippen molar-refractivity contribution in [2.45, 2.75) is 26.7 Å². The molecular weight excluding hydrogens is 308 g/mol. The largest absolute Gasteiger partial charge is 0.466 e. The summed E-state index contributed by atoms with van der Waals surface area (Å²) in [7, 11) is 0. The van der Waals surface area contributed by atoms with Gasteiger partial charge in [-0.3, -0.25) is 19.3 Å². The second kappa shape index (κ2) is 8.59. The summed E-state index contributed by atoms with van der Waals surface area (Å²) >= 11 is 0. The van der Waals surface area contributed by atoms with Crippen molar-refractivity contribution in [1.82, 2.24) is 4.90 Å². The van der Waals surface area contributed by atoms with Crippen molar-refractivity contribution in [3.05, 3.63) is 29.8 Å². The maximum absolute atomic E-state index is 12.3. The van der Waals surface area contributed by atoms with Gasteiger partial charge in [0.15, 0.2) is 5.78 Å². The third kappa shape index (κ3) is 4.89. The summed E-state index contributed by atoms with van der Waals surface area (Å²) < 4.78 is 5.07. The number of amides is 1. The second-order valence-corrected chi connectivity index (χ2v) is 5.98. The van der Waals surface area contributed by atoms with Gasteiger partial charge in [-0.05, 0) is 45.4 Å². The molecule has 0 aromatic heterocycles. The van der Waals surface area contributed by atoms with E-state index in [-0.39, 0.29) is 30.1 Å². The quantitative estimate of drug-likeness (QED) is 0.638. The van der Waals surface area contributed by atoms with Crippen molar-refractivity contribution < 1.29 is 19.1 Å². The zero-order valence-electron chi connectivity index (χ0n) is 14.2. The molecule has 0 radical (unpaired) electrons. The Morgan fingerprint density at radius 3 is 2.75 bits per heavy atom. The van der Waals surface area contributed by atoms with Gasteiger partial charge in [0.05, 0.1) is 24.8 Å². The van der Waals surface area contributed by atoms with Crippen molar-refractivity contribution in [2.24, 2.45) is 5.92 Å². The minimum Gasteiger partial charge on any atom is -0.466 e. The van der Waals surface area contributed by atoms with Crippen LogP contribution in [-0.4, -0.2) is 48.8 Å². The Kier molecular flexibility index (Phi) is 6.49. The van der Waals surface area contributed by atoms with E-state index in [1.54, 1.807) is 31.2 Å². The van der Waals surface area contributed by atoms with Crippen LogP contribution in [0.25, 0.3) is 0 Å². The molecule has 0 saturated carbocycles. The smallest absolute Gasteiger partial charge is 0.310 e. The van der Waals surface area contributed by atoms with Crippen LogP contribution < -0.4 is 5.32 Å². The number of nitrogens with one attached hydrogen (secondary N) is 1. The molecule has 1 N–H and O–H groups in total. The Bertz CT molecular complexity index is 615. The summed E-state index contributed by atoms with van der Waals surface area (Å²) in [5.41, 5.74) is 1.02. The molecule has 1 aliphatic heterocycles. The lowest BCUT2D eigenvalue weighted by molar-refractivity contribution is -0.150. The number of anilines is 1. The van der Waals surface area contributed by atoms with Crippen LogP contribution in [-0.2, 0) is 14.3 Å². The number of rotatable bonds is 6. The maximum Gasteiger partial charge on any atom is 0.310 e. The van der Waals surface area contributed by atoms with Crippen LogP contribution in [0.15, 0.2) is 24.3 Å². The number of carbonyl (C=O) groups is 3. The van der Waals surface area contributed by atoms with Crippen LogP contribution >= 0.6 is 0 Å². The number of Topliss-reactive ketones (excluding diaryl/α,β-unsaturated/α-hetero) is 1. The highest BCUT2D eigenvalue weighted by molar-refractivity contribution is 6.04. The molecule has 1 saturated heterocycles. The van der Waals surface area contributed by atoms with Crippen molar-refractivity contribution in [3.8, 4) is 0 Å². The van der Waals surface area contributed by atoms with E-state index in [0.717, 1.165) is 19.4 Å². The van der Waals surface area contributed by atoms with E-state index in [9.17, 15) is 14.4 Å². The molecule has 0 bridgehead atoms. The number of likely N-dealkylation sites (tertiary alicyclic amines) is 1. The lowest BCUT2D eigenvalue weighted by atomic mass is 9.98. The summed E-state index contributed by atoms with van der Waals surface area (Å²) in [6.07, 6.45) is 1.66. The molecule has 1 aromatic rings. The summed E-state index contributed by atoms with van der Waals surface area (Å²) in [5.74, 6) is -0.639. The van der Waals surface area contributed by atoms with Gasteiger partial charge in [0, 0.05) is 12.1 Å². The van der Waals surface area contributed by atoms with Crippen LogP contribution in [0.2, 0.25) is 0 Å². The number of ketones is 1. The summed E-state index contributed by atoms with van der Waals surface area (Å²) in [6.45, 7) is 5.13. The van der Waals surface area contributed by atoms with Crippen LogP contribution in [0, 0.1) is 5.92 Å². The van der Waals surface area contributed by atoms with Gasteiger partial charge in [-0.15, -0.1) is 0 Å². The molecule has 1 aromatic carbocycles. The van der Waals surface area contributed by atoms with Gasteiger partial charge >= 0.3 is 5.97 Å². The van der Waals surface area contributed by atoms with Crippen LogP contribution in [0.4, 0.5) is 5.69 Å². The molecule has 6 nitrogen and oxygen atoms in total. The number of nitrogens with zero attached hydrogens (tertiary/aromatic N) is 1. The predicted octanol–water partition coefficient (Wildman–Crippen LogP) is 2.10. The molecule has 1 aliphatic rings. The summed E-state index contributed by atoms with van der Waals surface area (Å²) in [5, 5.41) is 2.79. The molecule has 1 fully saturated rings. The molecule has 1 atom stereocenters. The van der Waals surface area contributed by atoms with Crippen LogP contribution in [0.5, 0.6) is 0 Å². The minimum absolute atomic E-state index is 0.0914. The van der Waals surface area contributed by atoms with Crippen molar-refractivity contribution in [2.75, 3.05) is 31.6 Å². The van der Waals surface area contributed by atoms with Crippen LogP contribution in [0.1, 0.15) is 37.0 Å². The topological polar surface area (TPSA) is 75.7 Å². The number of hydrogen-bond donors (Lipinski definition) is 1. The molecule has 1 amide bonds. The fourth-order valence-electron chi connectivity index (χ4n) is 2.94. The Morgan fingerprint density at radius 2 is 2.04 bits per heavy atom. The van der Waals surface area contributed by atoms with Gasteiger partial charge in [0.2, 0.25) is 5.91 Å². The number of ether oxygens (including phenoxy) is 1. The standard InChI is InChI=1S/C18H24N2O4/c1-3-24-18(23)14-7-6-10-20(11-14)12-17(22)19-16-9-5-4-8-15(16)13(2)21/h4-5,8-9,14H,3,6-7,10-12H2,1-2H3,(H,19,22)/t14-/m1/s1. The van der Waals surface area contributed by atoms with E-state index in [1.807, 2.05) is 4.90 Å². The highest BCUT2D eigenvalue weighted by atomic mass is 16.5. The molecule has 0 spiro atoms. The van der Waals surface area contributed by atoms with E-state index in [1.165, 1.54) is 6.92 Å². The van der Waals surface area contributed by atoms with Gasteiger partial charge in [-0.2, -0.15) is 0 Å². The Morgan fingerprint density at radius 1 is 1.29 bits per heavy atom. The van der Waals surface area contributed by atoms with Crippen LogP contribution in [0.3, 0.4) is 0 Å². The van der Waals surface area contributed by atoms with E-state index in [4.69, 9.17) is 4.74 Å². The highest BCUT2D eigenvalue weighted by Gasteiger charge is 2.27. The molecule has 0 unspecified atom stereocenters. The fourth-order valence-corrected chi connectivity index (χ4v) is 2.94. The van der Waals surface area contributed by atoms with Crippen molar-refractivity contribution >= 4 is 23.3 Å². The Labute approximate surface area is 142 Å². The molecule has 130 valence electrons. The first-order chi connectivity index (χ1) is 11.5. The summed E-state index contributed by atoms with van der Waals surface area (Å²) in [6, 6.07) is 6.95. The maximum atomic E-state index is 12.3. The van der Waals surface area contributed by atoms with Gasteiger partial charge in [-0.25, -0.2) is 0 Å². The zero-order valence-corrected chi connectivity index (χ0v) is 14.2. The monoisotopic (exact) mass is 332 g/mol. The Hall–Kier alpha value is -2.21. The number of piperidine rings is 1. The summed E-state index contributed by atoms with van der Waals surface area (Å²) in [4.78, 5) is 37.7. The lowest BCUT2D eigenvalue weighted by Crippen LogP contribution is -2.43. The third-order valence-corrected chi connectivity index (χ3v) is 4.07. The SMILES string of the molecule is CCOC(=O)[C@@H]1CCCN(CC(=O)Nc2ccccc2C(C)=O)C1. The predicted molar refractivity (Wildman–Crippen MR) is 90.9 cm³/mol. The number of benzene rings is 1. The van der Waals surface area contributed by atoms with E-state index in [2.05, 4.69) is 5.32 Å². The van der Waals surface area contributed by atoms with Gasteiger partial charge < -0.3 is 10.1 Å². The van der Waals surface area contributed by atoms with Crippen molar-refractivity contribution in [3.63, 3.8) is 0 Å². The van der Waals surface area contributed by atoms with E-state index in [0.29, 0.717) is 24.4 Å². The second-order valence-electron chi connectivity index (χ2n) is 5.98. The van der Waals surface area contributed by atoms with Gasteiger partial charge in [0.25, 0.3) is 0 Å².